The third-order valence-electron chi connectivity index (χ3n) is 7.57. The maximum Gasteiger partial charge on any atom is 0.369 e. The van der Waals surface area contributed by atoms with Crippen LogP contribution >= 0.6 is 27.7 Å². The summed E-state index contributed by atoms with van der Waals surface area (Å²) in [5.41, 5.74) is 0.707. The number of hydrogen-bond acceptors (Lipinski definition) is 12. The van der Waals surface area contributed by atoms with Crippen molar-refractivity contribution in [2.45, 2.75) is 30.9 Å². The largest absolute Gasteiger partial charge is 0.484 e. The summed E-state index contributed by atoms with van der Waals surface area (Å²) in [5, 5.41) is 12.2. The van der Waals surface area contributed by atoms with Crippen LogP contribution in [-0.4, -0.2) is 94.1 Å². The van der Waals surface area contributed by atoms with E-state index >= 15 is 0 Å². The molecule has 2 amide bonds. The highest BCUT2D eigenvalue weighted by Crippen LogP contribution is 2.38. The Morgan fingerprint density at radius 1 is 1.04 bits per heavy atom. The Balaban J connectivity index is 1.39. The van der Waals surface area contributed by atoms with E-state index in [1.165, 1.54) is 24.3 Å². The van der Waals surface area contributed by atoms with Gasteiger partial charge in [-0.05, 0) is 60.4 Å². The van der Waals surface area contributed by atoms with Crippen LogP contribution in [0.1, 0.15) is 18.4 Å². The van der Waals surface area contributed by atoms with Crippen molar-refractivity contribution < 1.29 is 43.0 Å². The molecule has 14 nitrogen and oxygen atoms in total. The van der Waals surface area contributed by atoms with Crippen molar-refractivity contribution in [2.24, 2.45) is 5.92 Å². The normalized spacial score (nSPS) is 19.6. The highest BCUT2D eigenvalue weighted by molar-refractivity contribution is 9.09. The van der Waals surface area contributed by atoms with Crippen molar-refractivity contribution in [3.05, 3.63) is 81.7 Å². The van der Waals surface area contributed by atoms with E-state index in [2.05, 4.69) is 21.2 Å². The molecule has 2 heterocycles. The SMILES string of the molecule is O=C(COc1ccccc1)NC1C(=O)N(C(C(=O)OCc2ccc([N+](=O)[O-])cc2)=C(CBr)N2CCOCC2)C1SC(=O)OCC1CC1. The van der Waals surface area contributed by atoms with Crippen molar-refractivity contribution in [1.82, 2.24) is 15.1 Å². The lowest BCUT2D eigenvalue weighted by Gasteiger charge is -2.47. The number of hydrogen-bond donors (Lipinski definition) is 1. The summed E-state index contributed by atoms with van der Waals surface area (Å²) in [6, 6.07) is 13.0. The second kappa shape index (κ2) is 16.1. The molecule has 5 rings (SSSR count). The topological polar surface area (TPSA) is 167 Å². The Kier molecular flexibility index (Phi) is 11.7. The first-order valence-corrected chi connectivity index (χ1v) is 16.9. The number of carbonyl (C=O) groups excluding carboxylic acids is 4. The number of rotatable bonds is 14. The molecule has 2 aromatic carbocycles. The molecular formula is C31H33BrN4O10S. The standard InChI is InChI=1S/C31H33BrN4O10S/c32-16-24(34-12-14-43-15-13-34)27(30(39)45-17-21-8-10-22(11-9-21)36(41)42)35-28(38)26(29(35)47-31(40)46-18-20-6-7-20)33-25(37)19-44-23-4-2-1-3-5-23/h1-5,8-11,20,26,29H,6-7,12-19H2,(H,33,37). The van der Waals surface area contributed by atoms with Gasteiger partial charge < -0.3 is 29.2 Å². The fourth-order valence-corrected chi connectivity index (χ4v) is 6.44. The molecule has 3 aliphatic rings. The number of nitrogens with zero attached hydrogens (tertiary/aromatic N) is 3. The quantitative estimate of drug-likeness (QED) is 0.0750. The van der Waals surface area contributed by atoms with Gasteiger partial charge in [-0.3, -0.25) is 24.6 Å². The van der Waals surface area contributed by atoms with Crippen molar-refractivity contribution in [2.75, 3.05) is 44.8 Å². The number of ether oxygens (including phenoxy) is 4. The van der Waals surface area contributed by atoms with Gasteiger partial charge in [-0.15, -0.1) is 0 Å². The maximum atomic E-state index is 13.9. The van der Waals surface area contributed by atoms with Crippen LogP contribution in [0, 0.1) is 16.0 Å². The van der Waals surface area contributed by atoms with E-state index in [-0.39, 0.29) is 36.5 Å². The fraction of sp³-hybridized carbons (Fsp3) is 0.419. The third kappa shape index (κ3) is 9.02. The molecular weight excluding hydrogens is 700 g/mol. The highest BCUT2D eigenvalue weighted by atomic mass is 79.9. The zero-order valence-corrected chi connectivity index (χ0v) is 27.6. The minimum absolute atomic E-state index is 0.103. The van der Waals surface area contributed by atoms with E-state index in [1.54, 1.807) is 30.3 Å². The van der Waals surface area contributed by atoms with Crippen LogP contribution in [0.5, 0.6) is 5.75 Å². The van der Waals surface area contributed by atoms with Crippen LogP contribution < -0.4 is 10.1 Å². The van der Waals surface area contributed by atoms with E-state index in [1.807, 2.05) is 4.90 Å². The first-order chi connectivity index (χ1) is 22.7. The number of non-ortho nitro benzene ring substituents is 1. The van der Waals surface area contributed by atoms with E-state index in [0.717, 1.165) is 17.7 Å². The molecule has 250 valence electrons. The number of nitro groups is 1. The average Bonchev–Trinajstić information content (AvgIpc) is 3.93. The van der Waals surface area contributed by atoms with Gasteiger partial charge in [0.2, 0.25) is 0 Å². The summed E-state index contributed by atoms with van der Waals surface area (Å²) in [4.78, 5) is 67.1. The van der Waals surface area contributed by atoms with Gasteiger partial charge in [-0.2, -0.15) is 0 Å². The smallest absolute Gasteiger partial charge is 0.369 e. The molecule has 0 aromatic heterocycles. The monoisotopic (exact) mass is 732 g/mol. The second-order valence-electron chi connectivity index (χ2n) is 10.9. The average molecular weight is 734 g/mol. The van der Waals surface area contributed by atoms with Crippen LogP contribution in [0.3, 0.4) is 0 Å². The number of morpholine rings is 1. The predicted molar refractivity (Wildman–Crippen MR) is 172 cm³/mol. The fourth-order valence-electron chi connectivity index (χ4n) is 4.86. The van der Waals surface area contributed by atoms with Gasteiger partial charge in [-0.25, -0.2) is 9.59 Å². The molecule has 0 radical (unpaired) electrons. The summed E-state index contributed by atoms with van der Waals surface area (Å²) >= 11 is 4.16. The number of amides is 2. The second-order valence-corrected chi connectivity index (χ2v) is 12.5. The molecule has 1 N–H and O–H groups in total. The van der Waals surface area contributed by atoms with Gasteiger partial charge in [-0.1, -0.05) is 34.1 Å². The number of halogens is 1. The number of thioether (sulfide) groups is 1. The highest BCUT2D eigenvalue weighted by Gasteiger charge is 2.54. The molecule has 47 heavy (non-hydrogen) atoms. The van der Waals surface area contributed by atoms with Crippen LogP contribution in [0.2, 0.25) is 0 Å². The van der Waals surface area contributed by atoms with Crippen LogP contribution in [0.4, 0.5) is 10.5 Å². The third-order valence-corrected chi connectivity index (χ3v) is 9.13. The van der Waals surface area contributed by atoms with Gasteiger partial charge in [0.15, 0.2) is 12.3 Å². The summed E-state index contributed by atoms with van der Waals surface area (Å²) in [6.45, 7) is 1.27. The lowest BCUT2D eigenvalue weighted by Crippen LogP contribution is -2.70. The number of para-hydroxylation sites is 1. The Morgan fingerprint density at radius 2 is 1.74 bits per heavy atom. The molecule has 0 bridgehead atoms. The van der Waals surface area contributed by atoms with Gasteiger partial charge in [0.1, 0.15) is 23.8 Å². The molecule has 2 atom stereocenters. The molecule has 2 unspecified atom stereocenters. The maximum absolute atomic E-state index is 13.9. The van der Waals surface area contributed by atoms with Gasteiger partial charge in [0.05, 0.1) is 30.4 Å². The lowest BCUT2D eigenvalue weighted by atomic mass is 10.0. The van der Waals surface area contributed by atoms with E-state index in [0.29, 0.717) is 61.0 Å². The van der Waals surface area contributed by atoms with Crippen molar-refractivity contribution in [1.29, 1.82) is 0 Å². The Morgan fingerprint density at radius 3 is 2.38 bits per heavy atom. The van der Waals surface area contributed by atoms with Gasteiger partial charge in [0.25, 0.3) is 17.5 Å². The number of nitrogens with one attached hydrogen (secondary N) is 1. The predicted octanol–water partition coefficient (Wildman–Crippen LogP) is 3.59. The Labute approximate surface area is 283 Å². The number of alkyl halides is 1. The van der Waals surface area contributed by atoms with Crippen LogP contribution in [0.25, 0.3) is 0 Å². The van der Waals surface area contributed by atoms with Crippen molar-refractivity contribution >= 4 is 56.5 Å². The summed E-state index contributed by atoms with van der Waals surface area (Å²) in [6.07, 6.45) is 1.93. The molecule has 1 aliphatic carbocycles. The molecule has 2 aromatic rings. The summed E-state index contributed by atoms with van der Waals surface area (Å²) < 4.78 is 22.1. The number of allylic oxidation sites excluding steroid dienone is 1. The molecule has 1 saturated carbocycles. The summed E-state index contributed by atoms with van der Waals surface area (Å²) in [5.74, 6) is -1.31. The number of benzene rings is 2. The number of esters is 1. The van der Waals surface area contributed by atoms with E-state index in [4.69, 9.17) is 18.9 Å². The van der Waals surface area contributed by atoms with Crippen molar-refractivity contribution in [3.63, 3.8) is 0 Å². The zero-order chi connectivity index (χ0) is 33.3. The van der Waals surface area contributed by atoms with Gasteiger partial charge >= 0.3 is 11.3 Å². The van der Waals surface area contributed by atoms with Crippen LogP contribution in [0.15, 0.2) is 66.0 Å². The van der Waals surface area contributed by atoms with E-state index in [9.17, 15) is 29.3 Å². The summed E-state index contributed by atoms with van der Waals surface area (Å²) in [7, 11) is 0. The molecule has 3 fully saturated rings. The number of likely N-dealkylation sites (tertiary alicyclic amines) is 1. The van der Waals surface area contributed by atoms with Crippen molar-refractivity contribution in [3.8, 4) is 5.75 Å². The first kappa shape index (κ1) is 34.2. The molecule has 16 heteroatoms. The van der Waals surface area contributed by atoms with Crippen LogP contribution in [-0.2, 0) is 35.2 Å². The minimum atomic E-state index is -1.17. The lowest BCUT2D eigenvalue weighted by molar-refractivity contribution is -0.384. The minimum Gasteiger partial charge on any atom is -0.484 e. The zero-order valence-electron chi connectivity index (χ0n) is 25.2. The van der Waals surface area contributed by atoms with Gasteiger partial charge in [0, 0.05) is 30.6 Å². The molecule has 2 saturated heterocycles. The molecule has 0 spiro atoms. The molecule has 2 aliphatic heterocycles. The number of carbonyl (C=O) groups is 4. The first-order valence-electron chi connectivity index (χ1n) is 14.9. The Bertz CT molecular complexity index is 1500. The Hall–Kier alpha value is -4.15. The number of nitro benzene ring substituents is 1. The number of β-lactam (4-membered cyclic amide) rings is 1. The van der Waals surface area contributed by atoms with E-state index < -0.39 is 39.4 Å².